The summed E-state index contributed by atoms with van der Waals surface area (Å²) >= 11 is 0. The maximum atomic E-state index is 7.79. The van der Waals surface area contributed by atoms with Gasteiger partial charge in [-0.2, -0.15) is 0 Å². The predicted octanol–water partition coefficient (Wildman–Crippen LogP) is 1.18. The molecule has 0 spiro atoms. The summed E-state index contributed by atoms with van der Waals surface area (Å²) in [4.78, 5) is 0. The van der Waals surface area contributed by atoms with E-state index in [2.05, 4.69) is 17.9 Å². The van der Waals surface area contributed by atoms with Crippen molar-refractivity contribution >= 4 is 0 Å². The van der Waals surface area contributed by atoms with Gasteiger partial charge >= 0.3 is 0 Å². The van der Waals surface area contributed by atoms with Crippen molar-refractivity contribution in [2.24, 2.45) is 0 Å². The highest BCUT2D eigenvalue weighted by Gasteiger charge is 1.78. The number of allylic oxidation sites excluding steroid dienone is 1. The third-order valence-corrected chi connectivity index (χ3v) is 0.404. The van der Waals surface area contributed by atoms with Gasteiger partial charge in [0.25, 0.3) is 6.26 Å². The Morgan fingerprint density at radius 1 is 1.86 bits per heavy atom. The van der Waals surface area contributed by atoms with Crippen LogP contribution in [0.15, 0.2) is 25.0 Å². The van der Waals surface area contributed by atoms with E-state index in [0.717, 1.165) is 0 Å². The van der Waals surface area contributed by atoms with E-state index in [0.29, 0.717) is 0 Å². The second-order valence-electron chi connectivity index (χ2n) is 0.864. The fourth-order valence-electron chi connectivity index (χ4n) is 0.100. The van der Waals surface area contributed by atoms with Crippen molar-refractivity contribution in [3.05, 3.63) is 25.0 Å². The second kappa shape index (κ2) is 2.98. The van der Waals surface area contributed by atoms with Crippen LogP contribution < -0.4 is 0 Å². The van der Waals surface area contributed by atoms with Crippen molar-refractivity contribution in [2.75, 3.05) is 0 Å². The molecule has 0 saturated carbocycles. The summed E-state index contributed by atoms with van der Waals surface area (Å²) in [7, 11) is 0. The quantitative estimate of drug-likeness (QED) is 0.293. The minimum absolute atomic E-state index is 0.280. The summed E-state index contributed by atoms with van der Waals surface area (Å²) in [5.41, 5.74) is 0. The van der Waals surface area contributed by atoms with Crippen molar-refractivity contribution < 1.29 is 4.74 Å². The normalized spacial score (nSPS) is 6.14. The van der Waals surface area contributed by atoms with E-state index < -0.39 is 0 Å². The average Bonchev–Trinajstić information content (AvgIpc) is 1.68. The van der Waals surface area contributed by atoms with Gasteiger partial charge in [0, 0.05) is 0 Å². The van der Waals surface area contributed by atoms with Crippen LogP contribution >= 0.6 is 0 Å². The molecule has 0 aromatic heterocycles. The first-order valence-corrected chi connectivity index (χ1v) is 1.68. The maximum Gasteiger partial charge on any atom is 0.292 e. The third-order valence-electron chi connectivity index (χ3n) is 0.404. The minimum Gasteiger partial charge on any atom is -0.389 e. The van der Waals surface area contributed by atoms with Crippen molar-refractivity contribution in [3.63, 3.8) is 0 Å². The second-order valence-corrected chi connectivity index (χ2v) is 0.864. The van der Waals surface area contributed by atoms with Crippen LogP contribution in [0.4, 0.5) is 0 Å². The van der Waals surface area contributed by atoms with Gasteiger partial charge in [-0.3, -0.25) is 0 Å². The molecule has 0 unspecified atom stereocenters. The Morgan fingerprint density at radius 2 is 2.43 bits per heavy atom. The van der Waals surface area contributed by atoms with Crippen LogP contribution in [0.5, 0.6) is 0 Å². The average molecular weight is 95.1 g/mol. The van der Waals surface area contributed by atoms with E-state index in [1.807, 2.05) is 0 Å². The molecule has 2 heteroatoms. The van der Waals surface area contributed by atoms with Crippen LogP contribution in [0.1, 0.15) is 0 Å². The number of nitriles is 1. The Morgan fingerprint density at radius 3 is 2.57 bits per heavy atom. The molecule has 0 radical (unpaired) electrons. The molecule has 0 heterocycles. The molecular weight excluding hydrogens is 90.1 g/mol. The number of hydrogen-bond acceptors (Lipinski definition) is 2. The van der Waals surface area contributed by atoms with Crippen molar-refractivity contribution in [2.45, 2.75) is 0 Å². The molecule has 0 amide bonds. The monoisotopic (exact) mass is 95.0 g/mol. The maximum absolute atomic E-state index is 7.79. The summed E-state index contributed by atoms with van der Waals surface area (Å²) in [5.74, 6) is 0.280. The summed E-state index contributed by atoms with van der Waals surface area (Å²) in [6, 6.07) is 0. The van der Waals surface area contributed by atoms with Gasteiger partial charge in [-0.15, -0.1) is 5.26 Å². The van der Waals surface area contributed by atoms with Gasteiger partial charge in [0.2, 0.25) is 0 Å². The fourth-order valence-corrected chi connectivity index (χ4v) is 0.100. The highest BCUT2D eigenvalue weighted by Crippen LogP contribution is 1.88. The molecule has 0 rings (SSSR count). The molecule has 7 heavy (non-hydrogen) atoms. The van der Waals surface area contributed by atoms with Gasteiger partial charge in [-0.1, -0.05) is 13.2 Å². The summed E-state index contributed by atoms with van der Waals surface area (Å²) in [6.07, 6.45) is 2.81. The van der Waals surface area contributed by atoms with E-state index in [-0.39, 0.29) is 5.76 Å². The summed E-state index contributed by atoms with van der Waals surface area (Å²) in [6.45, 7) is 6.60. The van der Waals surface area contributed by atoms with E-state index in [9.17, 15) is 0 Å². The van der Waals surface area contributed by atoms with E-state index in [4.69, 9.17) is 5.26 Å². The largest absolute Gasteiger partial charge is 0.389 e. The lowest BCUT2D eigenvalue weighted by atomic mass is 10.6. The molecule has 0 aliphatic rings. The molecule has 0 bridgehead atoms. The van der Waals surface area contributed by atoms with Crippen LogP contribution in [0.25, 0.3) is 0 Å². The SMILES string of the molecule is C=CC(=C)OC#N. The molecule has 0 atom stereocenters. The fraction of sp³-hybridized carbons (Fsp3) is 0. The molecule has 0 aromatic carbocycles. The first-order valence-electron chi connectivity index (χ1n) is 1.68. The van der Waals surface area contributed by atoms with Crippen LogP contribution in [0.3, 0.4) is 0 Å². The molecule has 36 valence electrons. The lowest BCUT2D eigenvalue weighted by molar-refractivity contribution is 0.395. The van der Waals surface area contributed by atoms with Gasteiger partial charge in [0.15, 0.2) is 0 Å². The zero-order chi connectivity index (χ0) is 5.70. The molecule has 0 saturated heterocycles. The van der Waals surface area contributed by atoms with Crippen molar-refractivity contribution in [1.82, 2.24) is 0 Å². The third kappa shape index (κ3) is 2.58. The Hall–Kier alpha value is -1.23. The first-order chi connectivity index (χ1) is 3.31. The molecule has 2 nitrogen and oxygen atoms in total. The lowest BCUT2D eigenvalue weighted by Crippen LogP contribution is -1.72. The smallest absolute Gasteiger partial charge is 0.292 e. The van der Waals surface area contributed by atoms with Gasteiger partial charge in [0.05, 0.1) is 0 Å². The van der Waals surface area contributed by atoms with Gasteiger partial charge in [-0.25, -0.2) is 0 Å². The zero-order valence-electron chi connectivity index (χ0n) is 3.85. The summed E-state index contributed by atoms with van der Waals surface area (Å²) in [5, 5.41) is 7.79. The molecule has 0 aliphatic carbocycles. The van der Waals surface area contributed by atoms with Crippen LogP contribution in [-0.4, -0.2) is 0 Å². The molecule has 0 N–H and O–H groups in total. The highest BCUT2D eigenvalue weighted by atomic mass is 16.5. The Labute approximate surface area is 42.3 Å². The predicted molar refractivity (Wildman–Crippen MR) is 26.0 cm³/mol. The number of rotatable bonds is 2. The minimum atomic E-state index is 0.280. The Balaban J connectivity index is 3.42. The lowest BCUT2D eigenvalue weighted by Gasteiger charge is -1.85. The topological polar surface area (TPSA) is 33.0 Å². The van der Waals surface area contributed by atoms with E-state index in [1.165, 1.54) is 12.3 Å². The number of ether oxygens (including phenoxy) is 1. The highest BCUT2D eigenvalue weighted by molar-refractivity contribution is 5.03. The standard InChI is InChI=1S/C5H5NO/c1-3-5(2)7-4-6/h3H,1-2H2. The van der Waals surface area contributed by atoms with Crippen LogP contribution in [0.2, 0.25) is 0 Å². The van der Waals surface area contributed by atoms with E-state index >= 15 is 0 Å². The van der Waals surface area contributed by atoms with Gasteiger partial charge in [-0.05, 0) is 6.08 Å². The van der Waals surface area contributed by atoms with Crippen molar-refractivity contribution in [1.29, 1.82) is 5.26 Å². The first kappa shape index (κ1) is 5.77. The molecular formula is C5H5NO. The Kier molecular flexibility index (Phi) is 2.46. The van der Waals surface area contributed by atoms with Gasteiger partial charge in [0.1, 0.15) is 5.76 Å². The summed E-state index contributed by atoms with van der Waals surface area (Å²) < 4.78 is 4.18. The number of hydrogen-bond donors (Lipinski definition) is 0. The van der Waals surface area contributed by atoms with Crippen LogP contribution in [0, 0.1) is 11.5 Å². The molecule has 0 aliphatic heterocycles. The van der Waals surface area contributed by atoms with E-state index in [1.54, 1.807) is 0 Å². The van der Waals surface area contributed by atoms with Crippen LogP contribution in [-0.2, 0) is 4.74 Å². The number of nitrogens with zero attached hydrogens (tertiary/aromatic N) is 1. The van der Waals surface area contributed by atoms with Gasteiger partial charge < -0.3 is 4.74 Å². The Bertz CT molecular complexity index is 121. The molecule has 0 aromatic rings. The van der Waals surface area contributed by atoms with Crippen molar-refractivity contribution in [3.8, 4) is 6.26 Å². The zero-order valence-corrected chi connectivity index (χ0v) is 3.85. The molecule has 0 fully saturated rings.